The van der Waals surface area contributed by atoms with Gasteiger partial charge in [-0.15, -0.1) is 0 Å². The number of hydrogen-bond donors (Lipinski definition) is 2. The summed E-state index contributed by atoms with van der Waals surface area (Å²) in [7, 11) is 1.48. The van der Waals surface area contributed by atoms with Crippen molar-refractivity contribution in [3.63, 3.8) is 0 Å². The minimum atomic E-state index is -0.489. The normalized spacial score (nSPS) is 12.0. The van der Waals surface area contributed by atoms with Crippen molar-refractivity contribution in [1.29, 1.82) is 0 Å². The first-order valence-corrected chi connectivity index (χ1v) is 5.96. The zero-order valence-electron chi connectivity index (χ0n) is 10.7. The van der Waals surface area contributed by atoms with Gasteiger partial charge in [0.15, 0.2) is 0 Å². The Kier molecular flexibility index (Phi) is 5.58. The van der Waals surface area contributed by atoms with Crippen molar-refractivity contribution in [1.82, 2.24) is 0 Å². The topological polar surface area (TPSA) is 64.4 Å². The molecule has 0 radical (unpaired) electrons. The van der Waals surface area contributed by atoms with Gasteiger partial charge in [0.1, 0.15) is 11.6 Å². The molecule has 0 saturated heterocycles. The van der Waals surface area contributed by atoms with E-state index in [4.69, 9.17) is 10.5 Å². The quantitative estimate of drug-likeness (QED) is 0.817. The van der Waals surface area contributed by atoms with Gasteiger partial charge in [0.2, 0.25) is 5.91 Å². The van der Waals surface area contributed by atoms with Crippen LogP contribution in [0.3, 0.4) is 0 Å². The summed E-state index contributed by atoms with van der Waals surface area (Å²) in [6, 6.07) is 4.20. The van der Waals surface area contributed by atoms with Crippen molar-refractivity contribution in [3.8, 4) is 5.75 Å². The van der Waals surface area contributed by atoms with Gasteiger partial charge < -0.3 is 15.8 Å². The van der Waals surface area contributed by atoms with Crippen LogP contribution in [0, 0.1) is 11.7 Å². The molecule has 18 heavy (non-hydrogen) atoms. The number of halogens is 1. The number of benzene rings is 1. The Balaban J connectivity index is 2.79. The van der Waals surface area contributed by atoms with Gasteiger partial charge in [-0.25, -0.2) is 4.39 Å². The van der Waals surface area contributed by atoms with E-state index in [1.165, 1.54) is 25.3 Å². The average Bonchev–Trinajstić information content (AvgIpc) is 2.38. The highest BCUT2D eigenvalue weighted by molar-refractivity contribution is 5.93. The lowest BCUT2D eigenvalue weighted by molar-refractivity contribution is -0.119. The van der Waals surface area contributed by atoms with E-state index < -0.39 is 5.82 Å². The van der Waals surface area contributed by atoms with Crippen molar-refractivity contribution in [2.45, 2.75) is 19.8 Å². The zero-order valence-corrected chi connectivity index (χ0v) is 10.7. The zero-order chi connectivity index (χ0) is 13.5. The number of nitrogens with one attached hydrogen (secondary N) is 1. The molecule has 0 aliphatic carbocycles. The number of nitrogens with two attached hydrogens (primary N) is 1. The monoisotopic (exact) mass is 254 g/mol. The van der Waals surface area contributed by atoms with E-state index in [0.29, 0.717) is 12.2 Å². The first-order chi connectivity index (χ1) is 8.62. The molecule has 1 unspecified atom stereocenters. The number of amides is 1. The van der Waals surface area contributed by atoms with Crippen LogP contribution in [-0.2, 0) is 4.79 Å². The van der Waals surface area contributed by atoms with Crippen molar-refractivity contribution in [2.24, 2.45) is 11.7 Å². The van der Waals surface area contributed by atoms with Crippen molar-refractivity contribution in [2.75, 3.05) is 19.0 Å². The van der Waals surface area contributed by atoms with Crippen LogP contribution in [0.15, 0.2) is 18.2 Å². The molecule has 0 spiro atoms. The van der Waals surface area contributed by atoms with Crippen LogP contribution < -0.4 is 15.8 Å². The molecule has 0 fully saturated rings. The van der Waals surface area contributed by atoms with Gasteiger partial charge in [0.05, 0.1) is 18.7 Å². The molecule has 1 amide bonds. The third-order valence-corrected chi connectivity index (χ3v) is 2.72. The molecule has 0 saturated carbocycles. The lowest BCUT2D eigenvalue weighted by Crippen LogP contribution is -2.29. The summed E-state index contributed by atoms with van der Waals surface area (Å²) >= 11 is 0. The Morgan fingerprint density at radius 2 is 2.28 bits per heavy atom. The van der Waals surface area contributed by atoms with Crippen molar-refractivity contribution < 1.29 is 13.9 Å². The van der Waals surface area contributed by atoms with Gasteiger partial charge in [-0.05, 0) is 18.6 Å². The summed E-state index contributed by atoms with van der Waals surface area (Å²) in [5, 5.41) is 2.55. The largest absolute Gasteiger partial charge is 0.497 e. The summed E-state index contributed by atoms with van der Waals surface area (Å²) < 4.78 is 18.5. The number of carbonyl (C=O) groups excluding carboxylic acids is 1. The standard InChI is InChI=1S/C13H19FN2O2/c1-3-4-9(8-15)13(17)16-12-7-10(18-2)5-6-11(12)14/h5-7,9H,3-4,8,15H2,1-2H3,(H,16,17). The van der Waals surface area contributed by atoms with E-state index in [-0.39, 0.29) is 24.1 Å². The average molecular weight is 254 g/mol. The lowest BCUT2D eigenvalue weighted by Gasteiger charge is -2.14. The van der Waals surface area contributed by atoms with Crippen molar-refractivity contribution in [3.05, 3.63) is 24.0 Å². The fourth-order valence-electron chi connectivity index (χ4n) is 1.67. The molecule has 0 aromatic heterocycles. The van der Waals surface area contributed by atoms with E-state index in [1.54, 1.807) is 0 Å². The summed E-state index contributed by atoms with van der Waals surface area (Å²) in [4.78, 5) is 11.9. The predicted molar refractivity (Wildman–Crippen MR) is 69.0 cm³/mol. The second kappa shape index (κ2) is 6.96. The van der Waals surface area contributed by atoms with E-state index in [2.05, 4.69) is 5.32 Å². The molecule has 1 rings (SSSR count). The maximum Gasteiger partial charge on any atom is 0.228 e. The molecule has 0 aliphatic heterocycles. The second-order valence-electron chi connectivity index (χ2n) is 4.06. The molecular weight excluding hydrogens is 235 g/mol. The molecule has 1 atom stereocenters. The Bertz CT molecular complexity index is 410. The van der Waals surface area contributed by atoms with Crippen molar-refractivity contribution >= 4 is 11.6 Å². The van der Waals surface area contributed by atoms with Gasteiger partial charge in [0, 0.05) is 12.6 Å². The van der Waals surface area contributed by atoms with Crippen LogP contribution in [0.2, 0.25) is 0 Å². The van der Waals surface area contributed by atoms with Gasteiger partial charge in [-0.3, -0.25) is 4.79 Å². The number of carbonyl (C=O) groups is 1. The molecule has 0 bridgehead atoms. The van der Waals surface area contributed by atoms with Gasteiger partial charge in [0.25, 0.3) is 0 Å². The molecule has 1 aromatic rings. The maximum atomic E-state index is 13.5. The van der Waals surface area contributed by atoms with Crippen LogP contribution in [0.1, 0.15) is 19.8 Å². The molecule has 0 heterocycles. The number of ether oxygens (including phenoxy) is 1. The SMILES string of the molecule is CCCC(CN)C(=O)Nc1cc(OC)ccc1F. The molecule has 0 aliphatic rings. The highest BCUT2D eigenvalue weighted by Gasteiger charge is 2.17. The van der Waals surface area contributed by atoms with E-state index in [1.807, 2.05) is 6.92 Å². The number of methoxy groups -OCH3 is 1. The maximum absolute atomic E-state index is 13.5. The van der Waals surface area contributed by atoms with Crippen LogP contribution in [0.25, 0.3) is 0 Å². The molecule has 100 valence electrons. The van der Waals surface area contributed by atoms with Crippen LogP contribution >= 0.6 is 0 Å². The number of rotatable bonds is 6. The van der Waals surface area contributed by atoms with Crippen LogP contribution in [0.5, 0.6) is 5.75 Å². The Labute approximate surface area is 106 Å². The summed E-state index contributed by atoms with van der Waals surface area (Å²) in [5.74, 6) is -0.546. The lowest BCUT2D eigenvalue weighted by atomic mass is 10.0. The molecule has 3 N–H and O–H groups in total. The highest BCUT2D eigenvalue weighted by atomic mass is 19.1. The third-order valence-electron chi connectivity index (χ3n) is 2.72. The Hall–Kier alpha value is -1.62. The van der Waals surface area contributed by atoms with Gasteiger partial charge >= 0.3 is 0 Å². The Morgan fingerprint density at radius 3 is 2.83 bits per heavy atom. The summed E-state index contributed by atoms with van der Waals surface area (Å²) in [5.41, 5.74) is 5.65. The first kappa shape index (κ1) is 14.4. The third kappa shape index (κ3) is 3.70. The predicted octanol–water partition coefficient (Wildman–Crippen LogP) is 2.15. The highest BCUT2D eigenvalue weighted by Crippen LogP contribution is 2.22. The van der Waals surface area contributed by atoms with Gasteiger partial charge in [-0.1, -0.05) is 13.3 Å². The Morgan fingerprint density at radius 1 is 1.56 bits per heavy atom. The van der Waals surface area contributed by atoms with E-state index in [0.717, 1.165) is 6.42 Å². The summed E-state index contributed by atoms with van der Waals surface area (Å²) in [6.07, 6.45) is 1.55. The van der Waals surface area contributed by atoms with E-state index in [9.17, 15) is 9.18 Å². The second-order valence-corrected chi connectivity index (χ2v) is 4.06. The smallest absolute Gasteiger partial charge is 0.228 e. The van der Waals surface area contributed by atoms with Gasteiger partial charge in [-0.2, -0.15) is 0 Å². The minimum Gasteiger partial charge on any atom is -0.497 e. The number of hydrogen-bond acceptors (Lipinski definition) is 3. The molecular formula is C13H19FN2O2. The molecule has 5 heteroatoms. The van der Waals surface area contributed by atoms with E-state index >= 15 is 0 Å². The van der Waals surface area contributed by atoms with Crippen LogP contribution in [-0.4, -0.2) is 19.6 Å². The fraction of sp³-hybridized carbons (Fsp3) is 0.462. The first-order valence-electron chi connectivity index (χ1n) is 5.96. The minimum absolute atomic E-state index is 0.119. The summed E-state index contributed by atoms with van der Waals surface area (Å²) in [6.45, 7) is 2.23. The van der Waals surface area contributed by atoms with Crippen LogP contribution in [0.4, 0.5) is 10.1 Å². The molecule has 4 nitrogen and oxygen atoms in total. The number of anilines is 1. The fourth-order valence-corrected chi connectivity index (χ4v) is 1.67. The molecule has 1 aromatic carbocycles.